The Balaban J connectivity index is 1.29. The van der Waals surface area contributed by atoms with Crippen LogP contribution < -0.4 is 0 Å². The third-order valence-electron chi connectivity index (χ3n) is 8.99. The molecule has 224 valence electrons. The van der Waals surface area contributed by atoms with Gasteiger partial charge in [-0.05, 0) is 58.3 Å². The van der Waals surface area contributed by atoms with E-state index in [-0.39, 0.29) is 0 Å². The lowest BCUT2D eigenvalue weighted by atomic mass is 9.95. The van der Waals surface area contributed by atoms with Gasteiger partial charge in [-0.1, -0.05) is 97.1 Å². The Labute approximate surface area is 274 Å². The summed E-state index contributed by atoms with van der Waals surface area (Å²) in [4.78, 5) is 19.6. The lowest BCUT2D eigenvalue weighted by molar-refractivity contribution is 0.668. The lowest BCUT2D eigenvalue weighted by Crippen LogP contribution is -2.00. The first-order valence-electron chi connectivity index (χ1n) is 15.8. The molecule has 0 aliphatic heterocycles. The summed E-state index contributed by atoms with van der Waals surface area (Å²) in [5.41, 5.74) is 7.80. The van der Waals surface area contributed by atoms with Gasteiger partial charge in [0.25, 0.3) is 0 Å². The van der Waals surface area contributed by atoms with Crippen LogP contribution in [0.1, 0.15) is 0 Å². The van der Waals surface area contributed by atoms with Crippen molar-refractivity contribution in [1.29, 1.82) is 0 Å². The lowest BCUT2D eigenvalue weighted by Gasteiger charge is -2.11. The zero-order chi connectivity index (χ0) is 31.6. The third kappa shape index (κ3) is 4.20. The molecule has 6 aromatic carbocycles. The second-order valence-electron chi connectivity index (χ2n) is 11.9. The molecule has 6 heteroatoms. The summed E-state index contributed by atoms with van der Waals surface area (Å²) >= 11 is 0. The van der Waals surface area contributed by atoms with E-state index in [2.05, 4.69) is 59.6 Å². The topological polar surface area (TPSA) is 77.8 Å². The van der Waals surface area contributed by atoms with Crippen LogP contribution in [0.5, 0.6) is 0 Å². The molecule has 0 fully saturated rings. The zero-order valence-electron chi connectivity index (χ0n) is 25.5. The van der Waals surface area contributed by atoms with Crippen molar-refractivity contribution in [3.05, 3.63) is 146 Å². The first-order valence-corrected chi connectivity index (χ1v) is 15.8. The first-order chi connectivity index (χ1) is 23.8. The van der Waals surface area contributed by atoms with Gasteiger partial charge >= 0.3 is 0 Å². The third-order valence-corrected chi connectivity index (χ3v) is 8.99. The molecule has 0 unspecified atom stereocenters. The summed E-state index contributed by atoms with van der Waals surface area (Å²) in [6.45, 7) is 0. The van der Waals surface area contributed by atoms with Gasteiger partial charge in [0.15, 0.2) is 17.5 Å². The Morgan fingerprint density at radius 3 is 1.79 bits per heavy atom. The number of benzene rings is 6. The summed E-state index contributed by atoms with van der Waals surface area (Å²) in [6.07, 6.45) is 3.59. The van der Waals surface area contributed by atoms with Gasteiger partial charge in [0, 0.05) is 50.6 Å². The van der Waals surface area contributed by atoms with Crippen LogP contribution in [0, 0.1) is 0 Å². The fraction of sp³-hybridized carbons (Fsp3) is 0. The van der Waals surface area contributed by atoms with Crippen LogP contribution in [0.15, 0.2) is 155 Å². The van der Waals surface area contributed by atoms with Crippen LogP contribution in [0.2, 0.25) is 0 Å². The van der Waals surface area contributed by atoms with E-state index in [1.165, 1.54) is 0 Å². The molecule has 48 heavy (non-hydrogen) atoms. The predicted octanol–water partition coefficient (Wildman–Crippen LogP) is 10.9. The monoisotopic (exact) mass is 616 g/mol. The molecule has 10 aromatic rings. The van der Waals surface area contributed by atoms with Gasteiger partial charge in [0.1, 0.15) is 22.3 Å². The molecule has 0 saturated carbocycles. The summed E-state index contributed by atoms with van der Waals surface area (Å²) in [6, 6.07) is 45.1. The average molecular weight is 617 g/mol. The molecule has 0 aliphatic rings. The fourth-order valence-corrected chi connectivity index (χ4v) is 6.76. The van der Waals surface area contributed by atoms with Gasteiger partial charge in [-0.2, -0.15) is 0 Å². The highest BCUT2D eigenvalue weighted by Gasteiger charge is 2.21. The summed E-state index contributed by atoms with van der Waals surface area (Å²) in [5.74, 6) is 1.74. The molecule has 4 heterocycles. The van der Waals surface area contributed by atoms with Crippen LogP contribution in [-0.4, -0.2) is 19.9 Å². The SMILES string of the molecule is c1ccc(-c2nc(-c3ccccc3)nc(-c3cc(-c4cccc5oc6cc7ccccc7cc6c45)cc4oc5ccncc5c34)n2)cc1. The number of pyridine rings is 1. The highest BCUT2D eigenvalue weighted by atomic mass is 16.3. The maximum Gasteiger partial charge on any atom is 0.164 e. The van der Waals surface area contributed by atoms with Crippen LogP contribution in [-0.2, 0) is 0 Å². The summed E-state index contributed by atoms with van der Waals surface area (Å²) in [7, 11) is 0. The second kappa shape index (κ2) is 10.4. The quantitative estimate of drug-likeness (QED) is 0.196. The molecular weight excluding hydrogens is 592 g/mol. The molecule has 10 rings (SSSR count). The standard InChI is InChI=1S/C42H24N4O2/c1-3-10-25(11-4-1)40-44-41(26-12-5-2-6-13-26)46-42(45-40)32-21-29(23-37-39(32)33-24-43-19-18-34(33)47-37)30-16-9-17-35-38(30)31-20-27-14-7-8-15-28(27)22-36(31)48-35/h1-24H. The van der Waals surface area contributed by atoms with E-state index < -0.39 is 0 Å². The van der Waals surface area contributed by atoms with Crippen molar-refractivity contribution in [2.24, 2.45) is 0 Å². The van der Waals surface area contributed by atoms with Crippen molar-refractivity contribution in [3.63, 3.8) is 0 Å². The van der Waals surface area contributed by atoms with Crippen molar-refractivity contribution >= 4 is 54.6 Å². The minimum atomic E-state index is 0.552. The molecule has 0 saturated heterocycles. The largest absolute Gasteiger partial charge is 0.456 e. The number of aromatic nitrogens is 4. The molecule has 0 bridgehead atoms. The van der Waals surface area contributed by atoms with E-state index in [9.17, 15) is 0 Å². The molecule has 4 aromatic heterocycles. The molecule has 0 N–H and O–H groups in total. The van der Waals surface area contributed by atoms with Crippen LogP contribution >= 0.6 is 0 Å². The Bertz CT molecular complexity index is 2780. The number of furan rings is 2. The van der Waals surface area contributed by atoms with Crippen molar-refractivity contribution in [3.8, 4) is 45.3 Å². The van der Waals surface area contributed by atoms with Gasteiger partial charge in [-0.25, -0.2) is 15.0 Å². The smallest absolute Gasteiger partial charge is 0.164 e. The van der Waals surface area contributed by atoms with E-state index in [0.717, 1.165) is 82.5 Å². The average Bonchev–Trinajstić information content (AvgIpc) is 3.72. The normalized spacial score (nSPS) is 11.8. The Hall–Kier alpha value is -6.66. The first kappa shape index (κ1) is 26.5. The van der Waals surface area contributed by atoms with E-state index in [1.54, 1.807) is 6.20 Å². The number of hydrogen-bond acceptors (Lipinski definition) is 6. The highest BCUT2D eigenvalue weighted by Crippen LogP contribution is 2.43. The van der Waals surface area contributed by atoms with Gasteiger partial charge < -0.3 is 8.83 Å². The van der Waals surface area contributed by atoms with Crippen LogP contribution in [0.4, 0.5) is 0 Å². The van der Waals surface area contributed by atoms with Gasteiger partial charge in [0.2, 0.25) is 0 Å². The minimum absolute atomic E-state index is 0.552. The maximum atomic E-state index is 6.51. The van der Waals surface area contributed by atoms with Crippen molar-refractivity contribution in [1.82, 2.24) is 19.9 Å². The highest BCUT2D eigenvalue weighted by molar-refractivity contribution is 6.18. The number of hydrogen-bond donors (Lipinski definition) is 0. The Morgan fingerprint density at radius 1 is 0.396 bits per heavy atom. The van der Waals surface area contributed by atoms with Crippen molar-refractivity contribution in [2.75, 3.05) is 0 Å². The van der Waals surface area contributed by atoms with E-state index in [1.807, 2.05) is 85.1 Å². The predicted molar refractivity (Wildman–Crippen MR) is 191 cm³/mol. The van der Waals surface area contributed by atoms with Gasteiger partial charge in [-0.3, -0.25) is 4.98 Å². The van der Waals surface area contributed by atoms with E-state index in [4.69, 9.17) is 23.8 Å². The molecule has 0 atom stereocenters. The van der Waals surface area contributed by atoms with Crippen molar-refractivity contribution < 1.29 is 8.83 Å². The van der Waals surface area contributed by atoms with Gasteiger partial charge in [0.05, 0.1) is 0 Å². The number of fused-ring (bicyclic) bond motifs is 7. The van der Waals surface area contributed by atoms with Crippen LogP contribution in [0.3, 0.4) is 0 Å². The summed E-state index contributed by atoms with van der Waals surface area (Å²) < 4.78 is 12.9. The van der Waals surface area contributed by atoms with E-state index in [0.29, 0.717) is 17.5 Å². The molecule has 0 aliphatic carbocycles. The summed E-state index contributed by atoms with van der Waals surface area (Å²) in [5, 5.41) is 6.22. The number of rotatable bonds is 4. The van der Waals surface area contributed by atoms with Crippen molar-refractivity contribution in [2.45, 2.75) is 0 Å². The number of nitrogens with zero attached hydrogens (tertiary/aromatic N) is 4. The molecular formula is C42H24N4O2. The molecule has 6 nitrogen and oxygen atoms in total. The molecule has 0 amide bonds. The maximum absolute atomic E-state index is 6.51. The van der Waals surface area contributed by atoms with E-state index >= 15 is 0 Å². The minimum Gasteiger partial charge on any atom is -0.456 e. The Kier molecular flexibility index (Phi) is 5.77. The van der Waals surface area contributed by atoms with Crippen LogP contribution in [0.25, 0.3) is 99.9 Å². The Morgan fingerprint density at radius 2 is 1.04 bits per heavy atom. The fourth-order valence-electron chi connectivity index (χ4n) is 6.76. The van der Waals surface area contributed by atoms with Gasteiger partial charge in [-0.15, -0.1) is 0 Å². The zero-order valence-corrected chi connectivity index (χ0v) is 25.5. The second-order valence-corrected chi connectivity index (χ2v) is 11.9. The molecule has 0 spiro atoms. The molecule has 0 radical (unpaired) electrons.